The molecule has 1 aromatic rings. The Morgan fingerprint density at radius 2 is 2.20 bits per heavy atom. The summed E-state index contributed by atoms with van der Waals surface area (Å²) in [6.45, 7) is 0.638. The minimum atomic E-state index is -1.49. The summed E-state index contributed by atoms with van der Waals surface area (Å²) in [7, 11) is 0. The fourth-order valence-corrected chi connectivity index (χ4v) is 2.29. The van der Waals surface area contributed by atoms with Crippen molar-refractivity contribution in [2.75, 3.05) is 18.0 Å². The Bertz CT molecular complexity index is 563. The van der Waals surface area contributed by atoms with Gasteiger partial charge in [-0.3, -0.25) is 10.1 Å². The number of piperidine rings is 1. The first-order valence-electron chi connectivity index (χ1n) is 6.04. The van der Waals surface area contributed by atoms with Gasteiger partial charge in [0.15, 0.2) is 5.82 Å². The van der Waals surface area contributed by atoms with E-state index in [-0.39, 0.29) is 12.2 Å². The number of aliphatic hydroxyl groups is 1. The van der Waals surface area contributed by atoms with Crippen LogP contribution in [0.25, 0.3) is 0 Å². The zero-order valence-corrected chi connectivity index (χ0v) is 10.5. The fraction of sp³-hybridized carbons (Fsp3) is 0.417. The third kappa shape index (κ3) is 2.69. The molecule has 7 nitrogen and oxygen atoms in total. The number of aliphatic hydroxyl groups excluding tert-OH is 1. The second kappa shape index (κ2) is 5.41. The van der Waals surface area contributed by atoms with Gasteiger partial charge in [-0.25, -0.2) is 9.18 Å². The van der Waals surface area contributed by atoms with E-state index < -0.39 is 34.1 Å². The Labute approximate surface area is 113 Å². The average Bonchev–Trinajstić information content (AvgIpc) is 2.37. The van der Waals surface area contributed by atoms with E-state index in [1.807, 2.05) is 0 Å². The molecule has 20 heavy (non-hydrogen) atoms. The number of carboxylic acid groups (broad SMARTS) is 1. The molecule has 2 rings (SSSR count). The summed E-state index contributed by atoms with van der Waals surface area (Å²) in [5.74, 6) is -2.36. The van der Waals surface area contributed by atoms with Gasteiger partial charge >= 0.3 is 5.97 Å². The topological polar surface area (TPSA) is 104 Å². The highest BCUT2D eigenvalue weighted by Gasteiger charge is 2.27. The summed E-state index contributed by atoms with van der Waals surface area (Å²) in [5, 5.41) is 29.3. The summed E-state index contributed by atoms with van der Waals surface area (Å²) < 4.78 is 13.9. The fourth-order valence-electron chi connectivity index (χ4n) is 2.29. The Morgan fingerprint density at radius 3 is 2.75 bits per heavy atom. The molecule has 1 heterocycles. The van der Waals surface area contributed by atoms with Crippen LogP contribution in [0.5, 0.6) is 0 Å². The zero-order valence-electron chi connectivity index (χ0n) is 10.5. The molecule has 2 N–H and O–H groups in total. The third-order valence-electron chi connectivity index (χ3n) is 3.23. The van der Waals surface area contributed by atoms with Crippen LogP contribution >= 0.6 is 0 Å². The number of anilines is 1. The van der Waals surface area contributed by atoms with E-state index in [2.05, 4.69) is 0 Å². The van der Waals surface area contributed by atoms with Crippen LogP contribution in [0.1, 0.15) is 23.2 Å². The molecule has 1 atom stereocenters. The summed E-state index contributed by atoms with van der Waals surface area (Å²) in [6, 6.07) is 1.56. The van der Waals surface area contributed by atoms with Gasteiger partial charge in [0.1, 0.15) is 5.56 Å². The molecule has 1 aliphatic rings. The van der Waals surface area contributed by atoms with Crippen molar-refractivity contribution in [2.24, 2.45) is 0 Å². The molecule has 1 aliphatic heterocycles. The third-order valence-corrected chi connectivity index (χ3v) is 3.23. The molecular weight excluding hydrogens is 271 g/mol. The van der Waals surface area contributed by atoms with Crippen LogP contribution in [0.2, 0.25) is 0 Å². The quantitative estimate of drug-likeness (QED) is 0.642. The number of nitrogens with zero attached hydrogens (tertiary/aromatic N) is 2. The number of carbonyl (C=O) groups is 1. The van der Waals surface area contributed by atoms with Crippen molar-refractivity contribution < 1.29 is 24.3 Å². The van der Waals surface area contributed by atoms with Crippen LogP contribution in [0.3, 0.4) is 0 Å². The minimum absolute atomic E-state index is 0.0354. The molecule has 0 spiro atoms. The van der Waals surface area contributed by atoms with E-state index in [4.69, 9.17) is 5.11 Å². The standard InChI is InChI=1S/C12H13FN2O5/c13-9-5-10(15(19)20)8(12(17)18)4-11(9)14-3-1-2-7(16)6-14/h4-5,7,16H,1-3,6H2,(H,17,18). The summed E-state index contributed by atoms with van der Waals surface area (Å²) in [5.41, 5.74) is -1.38. The molecule has 1 aromatic carbocycles. The lowest BCUT2D eigenvalue weighted by Crippen LogP contribution is -2.38. The number of β-amino-alcohol motifs (C(OH)–C–C–N with tert-alkyl or cyclic N) is 1. The number of nitro groups is 1. The van der Waals surface area contributed by atoms with Crippen molar-refractivity contribution in [3.8, 4) is 0 Å². The maximum absolute atomic E-state index is 13.9. The number of aromatic carboxylic acids is 1. The maximum atomic E-state index is 13.9. The number of nitro benzene ring substituents is 1. The van der Waals surface area contributed by atoms with Crippen LogP contribution in [-0.4, -0.2) is 40.3 Å². The molecule has 0 aliphatic carbocycles. The van der Waals surface area contributed by atoms with Crippen molar-refractivity contribution in [2.45, 2.75) is 18.9 Å². The lowest BCUT2D eigenvalue weighted by molar-refractivity contribution is -0.385. The molecule has 1 fully saturated rings. The van der Waals surface area contributed by atoms with Gasteiger partial charge in [-0.15, -0.1) is 0 Å². The predicted octanol–water partition coefficient (Wildman–Crippen LogP) is 1.39. The number of hydrogen-bond donors (Lipinski definition) is 2. The molecule has 108 valence electrons. The largest absolute Gasteiger partial charge is 0.477 e. The second-order valence-corrected chi connectivity index (χ2v) is 4.63. The van der Waals surface area contributed by atoms with Crippen molar-refractivity contribution in [1.82, 2.24) is 0 Å². The molecule has 0 radical (unpaired) electrons. The van der Waals surface area contributed by atoms with E-state index in [1.165, 1.54) is 4.90 Å². The van der Waals surface area contributed by atoms with Gasteiger partial charge in [0.25, 0.3) is 5.69 Å². The van der Waals surface area contributed by atoms with E-state index in [9.17, 15) is 24.4 Å². The lowest BCUT2D eigenvalue weighted by atomic mass is 10.1. The minimum Gasteiger partial charge on any atom is -0.477 e. The van der Waals surface area contributed by atoms with E-state index >= 15 is 0 Å². The van der Waals surface area contributed by atoms with Crippen molar-refractivity contribution in [1.29, 1.82) is 0 Å². The molecule has 0 bridgehead atoms. The number of rotatable bonds is 3. The van der Waals surface area contributed by atoms with Crippen molar-refractivity contribution >= 4 is 17.3 Å². The van der Waals surface area contributed by atoms with Crippen molar-refractivity contribution in [3.05, 3.63) is 33.6 Å². The Balaban J connectivity index is 2.46. The van der Waals surface area contributed by atoms with E-state index in [0.717, 1.165) is 6.07 Å². The highest BCUT2D eigenvalue weighted by molar-refractivity contribution is 5.93. The second-order valence-electron chi connectivity index (χ2n) is 4.63. The maximum Gasteiger partial charge on any atom is 0.342 e. The smallest absolute Gasteiger partial charge is 0.342 e. The normalized spacial score (nSPS) is 18.9. The molecule has 0 saturated carbocycles. The number of halogens is 1. The SMILES string of the molecule is O=C(O)c1cc(N2CCCC(O)C2)c(F)cc1[N+](=O)[O-]. The van der Waals surface area contributed by atoms with Gasteiger partial charge in [0.05, 0.1) is 22.8 Å². The molecule has 8 heteroatoms. The number of benzene rings is 1. The van der Waals surface area contributed by atoms with Gasteiger partial charge < -0.3 is 15.1 Å². The van der Waals surface area contributed by atoms with Crippen LogP contribution in [0, 0.1) is 15.9 Å². The Morgan fingerprint density at radius 1 is 1.50 bits per heavy atom. The number of carboxylic acids is 1. The summed E-state index contributed by atoms with van der Waals surface area (Å²) in [4.78, 5) is 22.4. The first-order chi connectivity index (χ1) is 9.40. The van der Waals surface area contributed by atoms with Gasteiger partial charge in [-0.05, 0) is 18.9 Å². The van der Waals surface area contributed by atoms with Gasteiger partial charge in [0.2, 0.25) is 0 Å². The Hall–Kier alpha value is -2.22. The Kier molecular flexibility index (Phi) is 3.84. The van der Waals surface area contributed by atoms with Gasteiger partial charge in [-0.2, -0.15) is 0 Å². The first kappa shape index (κ1) is 14.2. The first-order valence-corrected chi connectivity index (χ1v) is 6.04. The molecule has 0 aromatic heterocycles. The van der Waals surface area contributed by atoms with Crippen molar-refractivity contribution in [3.63, 3.8) is 0 Å². The molecule has 0 amide bonds. The van der Waals surface area contributed by atoms with E-state index in [0.29, 0.717) is 25.5 Å². The highest BCUT2D eigenvalue weighted by Crippen LogP contribution is 2.30. The van der Waals surface area contributed by atoms with Crippen LogP contribution in [-0.2, 0) is 0 Å². The van der Waals surface area contributed by atoms with Crippen LogP contribution < -0.4 is 4.90 Å². The monoisotopic (exact) mass is 284 g/mol. The van der Waals surface area contributed by atoms with Crippen LogP contribution in [0.15, 0.2) is 12.1 Å². The lowest BCUT2D eigenvalue weighted by Gasteiger charge is -2.32. The molecule has 1 saturated heterocycles. The van der Waals surface area contributed by atoms with E-state index in [1.54, 1.807) is 0 Å². The van der Waals surface area contributed by atoms with Gasteiger partial charge in [0, 0.05) is 13.1 Å². The summed E-state index contributed by atoms with van der Waals surface area (Å²) >= 11 is 0. The predicted molar refractivity (Wildman–Crippen MR) is 67.5 cm³/mol. The van der Waals surface area contributed by atoms with Crippen LogP contribution in [0.4, 0.5) is 15.8 Å². The molecular formula is C12H13FN2O5. The number of hydrogen-bond acceptors (Lipinski definition) is 5. The van der Waals surface area contributed by atoms with Gasteiger partial charge in [-0.1, -0.05) is 0 Å². The highest BCUT2D eigenvalue weighted by atomic mass is 19.1. The molecule has 1 unspecified atom stereocenters. The summed E-state index contributed by atoms with van der Waals surface area (Å²) in [6.07, 6.45) is 0.614. The average molecular weight is 284 g/mol. The zero-order chi connectivity index (χ0) is 14.9.